The van der Waals surface area contributed by atoms with Crippen molar-refractivity contribution in [3.8, 4) is 22.3 Å². The zero-order valence-electron chi connectivity index (χ0n) is 54.3. The van der Waals surface area contributed by atoms with E-state index in [0.717, 1.165) is 33.5 Å². The minimum atomic E-state index is -0.430. The van der Waals surface area contributed by atoms with Crippen LogP contribution >= 0.6 is 34.3 Å². The highest BCUT2D eigenvalue weighted by atomic mass is 35.5. The number of nitrogens with one attached hydrogen (secondary N) is 1. The first kappa shape index (κ1) is 58.9. The van der Waals surface area contributed by atoms with E-state index < -0.39 is 5.41 Å². The molecule has 14 aromatic carbocycles. The number of hydrogen-bond acceptors (Lipinski definition) is 4. The van der Waals surface area contributed by atoms with Gasteiger partial charge in [0.15, 0.2) is 0 Å². The van der Waals surface area contributed by atoms with Crippen LogP contribution in [-0.2, 0) is 21.7 Å². The number of benzene rings is 14. The van der Waals surface area contributed by atoms with E-state index in [0.29, 0.717) is 0 Å². The number of para-hydroxylation sites is 2. The third-order valence-corrected chi connectivity index (χ3v) is 23.9. The average molecular weight is 1300 g/mol. The molecule has 0 saturated carbocycles. The fraction of sp³-hybridized carbons (Fsp3) is 0.0870. The summed E-state index contributed by atoms with van der Waals surface area (Å²) in [5, 5.41) is 9.52. The zero-order valence-corrected chi connectivity index (χ0v) is 56.7. The van der Waals surface area contributed by atoms with Crippen LogP contribution in [0.4, 0.5) is 28.4 Å². The van der Waals surface area contributed by atoms with Crippen molar-refractivity contribution >= 4 is 103 Å². The molecule has 0 saturated heterocycles. The largest absolute Gasteiger partial charge is 0.356 e. The summed E-state index contributed by atoms with van der Waals surface area (Å²) in [6, 6.07) is 120. The zero-order chi connectivity index (χ0) is 65.2. The molecule has 20 rings (SSSR count). The quantitative estimate of drug-likeness (QED) is 0.185. The van der Waals surface area contributed by atoms with Gasteiger partial charge in [0.2, 0.25) is 0 Å². The number of hydrogen-bond donors (Lipinski definition) is 1. The number of nitrogens with zero attached hydrogens (tertiary/aromatic N) is 1. The predicted molar refractivity (Wildman–Crippen MR) is 413 cm³/mol. The molecule has 2 aromatic heterocycles. The summed E-state index contributed by atoms with van der Waals surface area (Å²) in [5.74, 6) is 0. The van der Waals surface area contributed by atoms with Crippen LogP contribution in [0.5, 0.6) is 0 Å². The number of halogens is 1. The summed E-state index contributed by atoms with van der Waals surface area (Å²) in [5.41, 5.74) is 26.4. The van der Waals surface area contributed by atoms with Crippen molar-refractivity contribution in [3.05, 3.63) is 399 Å². The van der Waals surface area contributed by atoms with Crippen LogP contribution in [0.25, 0.3) is 62.6 Å². The van der Waals surface area contributed by atoms with Gasteiger partial charge in [-0.05, 0) is 186 Å². The lowest BCUT2D eigenvalue weighted by molar-refractivity contribution is 0.563. The summed E-state index contributed by atoms with van der Waals surface area (Å²) in [7, 11) is 0. The summed E-state index contributed by atoms with van der Waals surface area (Å²) < 4.78 is 5.32. The molecule has 5 heteroatoms. The first-order valence-corrected chi connectivity index (χ1v) is 35.6. The Bertz CT molecular complexity index is 5700. The van der Waals surface area contributed by atoms with Gasteiger partial charge in [0.1, 0.15) is 0 Å². The van der Waals surface area contributed by atoms with Crippen LogP contribution in [0, 0.1) is 0 Å². The van der Waals surface area contributed by atoms with E-state index in [1.807, 2.05) is 46.9 Å². The molecule has 1 N–H and O–H groups in total. The number of fused-ring (bicyclic) bond motifs is 24. The Labute approximate surface area is 580 Å². The molecule has 0 amide bonds. The van der Waals surface area contributed by atoms with Gasteiger partial charge < -0.3 is 10.2 Å². The monoisotopic (exact) mass is 1300 g/mol. The number of thiophene rings is 2. The molecule has 0 aliphatic heterocycles. The van der Waals surface area contributed by atoms with Gasteiger partial charge in [-0.15, -0.1) is 22.7 Å². The van der Waals surface area contributed by atoms with Gasteiger partial charge in [-0.2, -0.15) is 0 Å². The first-order valence-electron chi connectivity index (χ1n) is 33.6. The van der Waals surface area contributed by atoms with Gasteiger partial charge in [-0.25, -0.2) is 0 Å². The van der Waals surface area contributed by atoms with Crippen molar-refractivity contribution in [2.45, 2.75) is 49.4 Å². The van der Waals surface area contributed by atoms with Crippen LogP contribution in [0.2, 0.25) is 5.02 Å². The number of anilines is 5. The predicted octanol–water partition coefficient (Wildman–Crippen LogP) is 25.7. The molecule has 0 atom stereocenters. The van der Waals surface area contributed by atoms with E-state index in [2.05, 4.69) is 341 Å². The molecule has 2 nitrogen and oxygen atoms in total. The maximum absolute atomic E-state index is 6.58. The molecular weight excluding hydrogens is 1230 g/mol. The maximum Gasteiger partial charge on any atom is 0.0720 e. The maximum atomic E-state index is 6.58. The van der Waals surface area contributed by atoms with Crippen LogP contribution in [0.3, 0.4) is 0 Å². The molecule has 464 valence electrons. The number of rotatable bonds is 5. The molecule has 4 aliphatic carbocycles. The molecule has 4 aliphatic rings. The second-order valence-corrected chi connectivity index (χ2v) is 29.8. The second-order valence-electron chi connectivity index (χ2n) is 27.2. The van der Waals surface area contributed by atoms with E-state index >= 15 is 0 Å². The SMILES string of the molecule is CC1(C)c2ccccc2C2(c3ccccc3-c3ccc(Cl)cc32)c2ccccc21.CC1(C)c2ccccc2C2(c3ccccc3-c3ccc(N(c4ccccc4)c4ccc5sc6ccccc6c5c4)cc32)c2ccccc21.c1ccc(Nc2ccc3sc4ccccc4c3c2)cc1. The molecule has 16 aromatic rings. The Morgan fingerprint density at radius 2 is 0.619 bits per heavy atom. The van der Waals surface area contributed by atoms with E-state index in [4.69, 9.17) is 11.6 Å². The lowest BCUT2D eigenvalue weighted by Crippen LogP contribution is -2.40. The van der Waals surface area contributed by atoms with Gasteiger partial charge in [-0.3, -0.25) is 0 Å². The van der Waals surface area contributed by atoms with Gasteiger partial charge >= 0.3 is 0 Å². The molecule has 2 heterocycles. The molecular formula is C92H67ClN2S2. The van der Waals surface area contributed by atoms with Crippen LogP contribution < -0.4 is 10.2 Å². The van der Waals surface area contributed by atoms with E-state index in [9.17, 15) is 0 Å². The normalized spacial score (nSPS) is 14.6. The highest BCUT2D eigenvalue weighted by Crippen LogP contribution is 2.65. The molecule has 2 spiro atoms. The van der Waals surface area contributed by atoms with Gasteiger partial charge in [0.05, 0.1) is 10.8 Å². The summed E-state index contributed by atoms with van der Waals surface area (Å²) in [6.07, 6.45) is 0. The van der Waals surface area contributed by atoms with E-state index in [1.165, 1.54) is 129 Å². The topological polar surface area (TPSA) is 15.3 Å². The lowest BCUT2D eigenvalue weighted by Gasteiger charge is -2.46. The Hall–Kier alpha value is -10.6. The Morgan fingerprint density at radius 3 is 1.13 bits per heavy atom. The molecule has 97 heavy (non-hydrogen) atoms. The highest BCUT2D eigenvalue weighted by Gasteiger charge is 2.55. The van der Waals surface area contributed by atoms with E-state index in [-0.39, 0.29) is 16.2 Å². The molecule has 0 fully saturated rings. The van der Waals surface area contributed by atoms with Gasteiger partial charge in [-0.1, -0.05) is 270 Å². The molecule has 0 bridgehead atoms. The van der Waals surface area contributed by atoms with Crippen molar-refractivity contribution < 1.29 is 0 Å². The lowest BCUT2D eigenvalue weighted by atomic mass is 9.55. The van der Waals surface area contributed by atoms with Crippen LogP contribution in [-0.4, -0.2) is 0 Å². The molecule has 0 unspecified atom stereocenters. The smallest absolute Gasteiger partial charge is 0.0720 e. The van der Waals surface area contributed by atoms with Crippen LogP contribution in [0.1, 0.15) is 94.5 Å². The van der Waals surface area contributed by atoms with Gasteiger partial charge in [0.25, 0.3) is 0 Å². The Kier molecular flexibility index (Phi) is 13.8. The summed E-state index contributed by atoms with van der Waals surface area (Å²) in [4.78, 5) is 2.44. The second kappa shape index (κ2) is 22.8. The minimum Gasteiger partial charge on any atom is -0.356 e. The summed E-state index contributed by atoms with van der Waals surface area (Å²) >= 11 is 10.3. The minimum absolute atomic E-state index is 0.0608. The standard InChI is InChI=1S/C46H33NS.C28H21Cl.C18H13NS/c1-45(2)38-19-9-11-21-40(38)46(41-22-12-10-20-39(41)45)37-18-8-6-16-33(37)34-26-24-32(29-42(34)46)47(30-14-4-3-5-15-30)31-25-27-44-36(28-31)35-17-7-13-23-43(35)48-44;1-27(2)22-11-5-7-13-24(22)28(25-14-8-6-12-23(25)27)21-10-4-3-9-19(21)20-16-15-18(29)17-26(20)28;1-2-6-13(7-3-1)19-14-10-11-18-16(12-14)15-8-4-5-9-17(15)20-18/h3-29H,1-2H3;3-17H,1-2H3;1-12,19H. The Morgan fingerprint density at radius 1 is 0.258 bits per heavy atom. The van der Waals surface area contributed by atoms with E-state index in [1.54, 1.807) is 0 Å². The highest BCUT2D eigenvalue weighted by molar-refractivity contribution is 7.26. The van der Waals surface area contributed by atoms with Crippen molar-refractivity contribution in [3.63, 3.8) is 0 Å². The van der Waals surface area contributed by atoms with Crippen LogP contribution in [0.15, 0.2) is 328 Å². The fourth-order valence-electron chi connectivity index (χ4n) is 17.2. The molecule has 0 radical (unpaired) electrons. The van der Waals surface area contributed by atoms with Gasteiger partial charge in [0, 0.05) is 84.6 Å². The average Bonchev–Trinajstić information content (AvgIpc) is 1.58. The fourth-order valence-corrected chi connectivity index (χ4v) is 19.5. The van der Waals surface area contributed by atoms with Crippen molar-refractivity contribution in [1.82, 2.24) is 0 Å². The van der Waals surface area contributed by atoms with Crippen molar-refractivity contribution in [1.29, 1.82) is 0 Å². The third kappa shape index (κ3) is 8.97. The van der Waals surface area contributed by atoms with Crippen molar-refractivity contribution in [2.24, 2.45) is 0 Å². The Balaban J connectivity index is 0.000000118. The first-order chi connectivity index (χ1) is 47.5. The third-order valence-electron chi connectivity index (χ3n) is 21.4. The van der Waals surface area contributed by atoms with Crippen molar-refractivity contribution in [2.75, 3.05) is 10.2 Å². The summed E-state index contributed by atoms with van der Waals surface area (Å²) in [6.45, 7) is 9.46.